The van der Waals surface area contributed by atoms with Gasteiger partial charge >= 0.3 is 0 Å². The fourth-order valence-corrected chi connectivity index (χ4v) is 1.35. The van der Waals surface area contributed by atoms with Crippen LogP contribution < -0.4 is 5.73 Å². The fourth-order valence-electron chi connectivity index (χ4n) is 1.15. The molecule has 1 aromatic carbocycles. The molecule has 0 heterocycles. The molecular formula is C11H15Cl2N. The zero-order valence-electron chi connectivity index (χ0n) is 7.95. The minimum atomic E-state index is 0. The van der Waals surface area contributed by atoms with Gasteiger partial charge in [0.05, 0.1) is 0 Å². The summed E-state index contributed by atoms with van der Waals surface area (Å²) < 4.78 is 0. The third-order valence-corrected chi connectivity index (χ3v) is 2.30. The zero-order chi connectivity index (χ0) is 9.52. The van der Waals surface area contributed by atoms with Crippen molar-refractivity contribution in [3.63, 3.8) is 0 Å². The average Bonchev–Trinajstić information content (AvgIpc) is 2.21. The van der Waals surface area contributed by atoms with Crippen LogP contribution in [0.15, 0.2) is 41.4 Å². The average molecular weight is 232 g/mol. The van der Waals surface area contributed by atoms with E-state index < -0.39 is 0 Å². The van der Waals surface area contributed by atoms with Crippen LogP contribution in [0.2, 0.25) is 0 Å². The van der Waals surface area contributed by atoms with Crippen LogP contribution in [0.4, 0.5) is 0 Å². The van der Waals surface area contributed by atoms with E-state index in [4.69, 9.17) is 17.3 Å². The maximum absolute atomic E-state index is 5.59. The summed E-state index contributed by atoms with van der Waals surface area (Å²) in [6.07, 6.45) is 1.96. The van der Waals surface area contributed by atoms with Crippen molar-refractivity contribution in [3.8, 4) is 0 Å². The normalized spacial score (nSPS) is 10.9. The van der Waals surface area contributed by atoms with Gasteiger partial charge in [-0.05, 0) is 24.0 Å². The van der Waals surface area contributed by atoms with Crippen LogP contribution in [0.25, 0.3) is 0 Å². The Morgan fingerprint density at radius 1 is 1.29 bits per heavy atom. The SMILES string of the molecule is Cl.NCC(=CCl)CCc1ccccc1. The Hall–Kier alpha value is -0.500. The van der Waals surface area contributed by atoms with Gasteiger partial charge in [-0.3, -0.25) is 0 Å². The molecule has 0 bridgehead atoms. The van der Waals surface area contributed by atoms with Crippen molar-refractivity contribution in [2.45, 2.75) is 12.8 Å². The predicted octanol–water partition coefficient (Wildman–Crippen LogP) is 3.12. The molecule has 78 valence electrons. The molecule has 0 aliphatic carbocycles. The smallest absolute Gasteiger partial charge is 0.0148 e. The molecule has 0 saturated heterocycles. The molecule has 14 heavy (non-hydrogen) atoms. The van der Waals surface area contributed by atoms with Crippen LogP contribution in [0.1, 0.15) is 12.0 Å². The van der Waals surface area contributed by atoms with E-state index in [0.29, 0.717) is 6.54 Å². The number of hydrogen-bond donors (Lipinski definition) is 1. The van der Waals surface area contributed by atoms with Gasteiger partial charge in [0.15, 0.2) is 0 Å². The highest BCUT2D eigenvalue weighted by Gasteiger charge is 1.95. The van der Waals surface area contributed by atoms with Gasteiger partial charge in [-0.1, -0.05) is 41.9 Å². The Morgan fingerprint density at radius 2 is 1.93 bits per heavy atom. The number of halogens is 2. The van der Waals surface area contributed by atoms with Crippen molar-refractivity contribution in [1.29, 1.82) is 0 Å². The zero-order valence-corrected chi connectivity index (χ0v) is 9.52. The minimum absolute atomic E-state index is 0. The Kier molecular flexibility index (Phi) is 7.58. The first kappa shape index (κ1) is 13.5. The second-order valence-corrected chi connectivity index (χ2v) is 3.18. The van der Waals surface area contributed by atoms with Crippen molar-refractivity contribution >= 4 is 24.0 Å². The van der Waals surface area contributed by atoms with Crippen LogP contribution in [0.3, 0.4) is 0 Å². The molecule has 0 radical (unpaired) electrons. The number of hydrogen-bond acceptors (Lipinski definition) is 1. The molecule has 1 nitrogen and oxygen atoms in total. The quantitative estimate of drug-likeness (QED) is 0.847. The van der Waals surface area contributed by atoms with Crippen LogP contribution in [-0.2, 0) is 6.42 Å². The van der Waals surface area contributed by atoms with Crippen LogP contribution in [0, 0.1) is 0 Å². The highest BCUT2D eigenvalue weighted by molar-refractivity contribution is 6.25. The van der Waals surface area contributed by atoms with Gasteiger partial charge < -0.3 is 5.73 Å². The summed E-state index contributed by atoms with van der Waals surface area (Å²) in [6.45, 7) is 0.552. The van der Waals surface area contributed by atoms with Crippen molar-refractivity contribution < 1.29 is 0 Å². The lowest BCUT2D eigenvalue weighted by Gasteiger charge is -2.02. The van der Waals surface area contributed by atoms with Gasteiger partial charge in [0.25, 0.3) is 0 Å². The number of aryl methyl sites for hydroxylation is 1. The van der Waals surface area contributed by atoms with Crippen molar-refractivity contribution in [2.24, 2.45) is 5.73 Å². The van der Waals surface area contributed by atoms with Crippen LogP contribution in [0.5, 0.6) is 0 Å². The third-order valence-electron chi connectivity index (χ3n) is 1.99. The Morgan fingerprint density at radius 3 is 2.43 bits per heavy atom. The molecule has 3 heteroatoms. The van der Waals surface area contributed by atoms with E-state index in [0.717, 1.165) is 18.4 Å². The van der Waals surface area contributed by atoms with Gasteiger partial charge in [-0.2, -0.15) is 0 Å². The summed E-state index contributed by atoms with van der Waals surface area (Å²) in [6, 6.07) is 10.3. The van der Waals surface area contributed by atoms with Crippen molar-refractivity contribution in [3.05, 3.63) is 47.0 Å². The molecule has 0 saturated carbocycles. The van der Waals surface area contributed by atoms with Gasteiger partial charge in [-0.25, -0.2) is 0 Å². The maximum Gasteiger partial charge on any atom is 0.0148 e. The lowest BCUT2D eigenvalue weighted by Crippen LogP contribution is -2.03. The Bertz CT molecular complexity index is 270. The largest absolute Gasteiger partial charge is 0.327 e. The number of nitrogens with two attached hydrogens (primary N) is 1. The summed E-state index contributed by atoms with van der Waals surface area (Å²) in [7, 11) is 0. The molecule has 0 amide bonds. The summed E-state index contributed by atoms with van der Waals surface area (Å²) in [5, 5.41) is 0. The first-order valence-electron chi connectivity index (χ1n) is 4.39. The van der Waals surface area contributed by atoms with Gasteiger partial charge in [-0.15, -0.1) is 12.4 Å². The molecule has 1 rings (SSSR count). The van der Waals surface area contributed by atoms with E-state index in [-0.39, 0.29) is 12.4 Å². The molecule has 0 unspecified atom stereocenters. The van der Waals surface area contributed by atoms with Gasteiger partial charge in [0.1, 0.15) is 0 Å². The monoisotopic (exact) mass is 231 g/mol. The molecule has 0 aliphatic rings. The summed E-state index contributed by atoms with van der Waals surface area (Å²) in [5.41, 5.74) is 9.51. The van der Waals surface area contributed by atoms with E-state index >= 15 is 0 Å². The molecule has 1 aromatic rings. The summed E-state index contributed by atoms with van der Waals surface area (Å²) in [4.78, 5) is 0. The third kappa shape index (κ3) is 4.66. The highest BCUT2D eigenvalue weighted by atomic mass is 35.5. The second kappa shape index (κ2) is 7.86. The summed E-state index contributed by atoms with van der Waals surface area (Å²) >= 11 is 5.59. The Balaban J connectivity index is 0.00000169. The van der Waals surface area contributed by atoms with E-state index in [1.54, 1.807) is 5.54 Å². The minimum Gasteiger partial charge on any atom is -0.327 e. The molecule has 0 fully saturated rings. The molecular weight excluding hydrogens is 217 g/mol. The van der Waals surface area contributed by atoms with E-state index in [1.807, 2.05) is 18.2 Å². The molecule has 0 spiro atoms. The standard InChI is InChI=1S/C11H14ClN.ClH/c12-8-11(9-13)7-6-10-4-2-1-3-5-10;/h1-5,8H,6-7,9,13H2;1H. The molecule has 0 aliphatic heterocycles. The van der Waals surface area contributed by atoms with Crippen LogP contribution in [-0.4, -0.2) is 6.54 Å². The maximum atomic E-state index is 5.59. The molecule has 2 N–H and O–H groups in total. The second-order valence-electron chi connectivity index (χ2n) is 2.96. The fraction of sp³-hybridized carbons (Fsp3) is 0.273. The highest BCUT2D eigenvalue weighted by Crippen LogP contribution is 2.08. The summed E-state index contributed by atoms with van der Waals surface area (Å²) in [5.74, 6) is 0. The van der Waals surface area contributed by atoms with Crippen molar-refractivity contribution in [1.82, 2.24) is 0 Å². The lowest BCUT2D eigenvalue weighted by molar-refractivity contribution is 0.906. The first-order valence-corrected chi connectivity index (χ1v) is 4.82. The van der Waals surface area contributed by atoms with Gasteiger partial charge in [0, 0.05) is 12.1 Å². The van der Waals surface area contributed by atoms with Gasteiger partial charge in [0.2, 0.25) is 0 Å². The van der Waals surface area contributed by atoms with E-state index in [2.05, 4.69) is 12.1 Å². The topological polar surface area (TPSA) is 26.0 Å². The van der Waals surface area contributed by atoms with Crippen LogP contribution >= 0.6 is 24.0 Å². The molecule has 0 aromatic heterocycles. The van der Waals surface area contributed by atoms with E-state index in [1.165, 1.54) is 5.56 Å². The lowest BCUT2D eigenvalue weighted by atomic mass is 10.1. The Labute approximate surface area is 96.4 Å². The van der Waals surface area contributed by atoms with E-state index in [9.17, 15) is 0 Å². The van der Waals surface area contributed by atoms with Crippen molar-refractivity contribution in [2.75, 3.05) is 6.54 Å². The number of rotatable bonds is 4. The predicted molar refractivity (Wildman–Crippen MR) is 65.0 cm³/mol. The first-order chi connectivity index (χ1) is 6.36. The number of benzene rings is 1. The molecule has 0 atom stereocenters.